The fourth-order valence-corrected chi connectivity index (χ4v) is 4.11. The summed E-state index contributed by atoms with van der Waals surface area (Å²) in [5.74, 6) is 0. The molecule has 0 atom stereocenters. The molecule has 0 unspecified atom stereocenters. The highest BCUT2D eigenvalue weighted by molar-refractivity contribution is 9.10. The Bertz CT molecular complexity index is 867. The van der Waals surface area contributed by atoms with Crippen molar-refractivity contribution in [2.75, 3.05) is 0 Å². The molecule has 0 spiro atoms. The van der Waals surface area contributed by atoms with Crippen molar-refractivity contribution in [1.29, 1.82) is 5.26 Å². The minimum absolute atomic E-state index is 0.595. The summed E-state index contributed by atoms with van der Waals surface area (Å²) in [5.41, 5.74) is 3.80. The van der Waals surface area contributed by atoms with E-state index in [9.17, 15) is 5.26 Å². The standard InChI is InChI=1S/C17H11BrN2S2/c1-11-2-4-12(5-3-11)16-10-22-17(20-16)13(8-19)6-15-7-14(18)9-21-15/h2-7,9-10H,1H3/b13-6+. The highest BCUT2D eigenvalue weighted by Crippen LogP contribution is 2.29. The zero-order valence-corrected chi connectivity index (χ0v) is 14.9. The topological polar surface area (TPSA) is 36.7 Å². The zero-order chi connectivity index (χ0) is 15.5. The Labute approximate surface area is 145 Å². The number of thiazole rings is 1. The number of thiophene rings is 1. The van der Waals surface area contributed by atoms with Crippen molar-refractivity contribution in [3.63, 3.8) is 0 Å². The maximum Gasteiger partial charge on any atom is 0.134 e. The lowest BCUT2D eigenvalue weighted by atomic mass is 10.1. The van der Waals surface area contributed by atoms with Crippen molar-refractivity contribution in [2.24, 2.45) is 0 Å². The lowest BCUT2D eigenvalue weighted by Gasteiger charge is -1.97. The van der Waals surface area contributed by atoms with Crippen LogP contribution in [0.3, 0.4) is 0 Å². The monoisotopic (exact) mass is 386 g/mol. The first kappa shape index (κ1) is 15.2. The summed E-state index contributed by atoms with van der Waals surface area (Å²) in [4.78, 5) is 5.64. The Hall–Kier alpha value is -1.74. The fraction of sp³-hybridized carbons (Fsp3) is 0.0588. The van der Waals surface area contributed by atoms with Gasteiger partial charge < -0.3 is 0 Å². The number of halogens is 1. The molecule has 2 heterocycles. The Morgan fingerprint density at radius 3 is 2.64 bits per heavy atom. The van der Waals surface area contributed by atoms with Crippen LogP contribution in [0.1, 0.15) is 15.4 Å². The molecule has 1 aromatic carbocycles. The average molecular weight is 387 g/mol. The third-order valence-electron chi connectivity index (χ3n) is 3.08. The predicted octanol–water partition coefficient (Wildman–Crippen LogP) is 6.01. The summed E-state index contributed by atoms with van der Waals surface area (Å²) in [6.45, 7) is 2.06. The lowest BCUT2D eigenvalue weighted by molar-refractivity contribution is 1.36. The number of benzene rings is 1. The molecular formula is C17H11BrN2S2. The van der Waals surface area contributed by atoms with Crippen molar-refractivity contribution in [3.05, 3.63) is 61.0 Å². The molecule has 5 heteroatoms. The second-order valence-electron chi connectivity index (χ2n) is 4.74. The molecule has 0 radical (unpaired) electrons. The minimum atomic E-state index is 0.595. The number of allylic oxidation sites excluding steroid dienone is 1. The molecule has 2 aromatic heterocycles. The van der Waals surface area contributed by atoms with Crippen molar-refractivity contribution in [1.82, 2.24) is 4.98 Å². The first-order chi connectivity index (χ1) is 10.7. The Kier molecular flexibility index (Phi) is 4.53. The molecule has 3 rings (SSSR count). The first-order valence-electron chi connectivity index (χ1n) is 6.54. The van der Waals surface area contributed by atoms with Gasteiger partial charge in [0.05, 0.1) is 11.3 Å². The van der Waals surface area contributed by atoms with Gasteiger partial charge in [-0.3, -0.25) is 0 Å². The number of aromatic nitrogens is 1. The van der Waals surface area contributed by atoms with Gasteiger partial charge >= 0.3 is 0 Å². The molecule has 0 amide bonds. The van der Waals surface area contributed by atoms with Crippen LogP contribution in [0, 0.1) is 18.3 Å². The second kappa shape index (κ2) is 6.57. The summed E-state index contributed by atoms with van der Waals surface area (Å²) in [6.07, 6.45) is 1.88. The van der Waals surface area contributed by atoms with Gasteiger partial charge in [0.1, 0.15) is 11.1 Å². The molecule has 0 fully saturated rings. The molecule has 0 saturated carbocycles. The third kappa shape index (κ3) is 3.36. The maximum atomic E-state index is 9.41. The lowest BCUT2D eigenvalue weighted by Crippen LogP contribution is -1.82. The Morgan fingerprint density at radius 2 is 2.00 bits per heavy atom. The summed E-state index contributed by atoms with van der Waals surface area (Å²) < 4.78 is 1.03. The van der Waals surface area contributed by atoms with Crippen LogP contribution in [0.15, 0.2) is 45.6 Å². The van der Waals surface area contributed by atoms with Gasteiger partial charge in [0.15, 0.2) is 0 Å². The molecule has 0 saturated heterocycles. The van der Waals surface area contributed by atoms with E-state index >= 15 is 0 Å². The molecule has 2 nitrogen and oxygen atoms in total. The number of rotatable bonds is 3. The predicted molar refractivity (Wildman–Crippen MR) is 97.8 cm³/mol. The van der Waals surface area contributed by atoms with E-state index < -0.39 is 0 Å². The van der Waals surface area contributed by atoms with Crippen LogP contribution in [-0.2, 0) is 0 Å². The quantitative estimate of drug-likeness (QED) is 0.517. The molecule has 108 valence electrons. The largest absolute Gasteiger partial charge is 0.235 e. The number of hydrogen-bond donors (Lipinski definition) is 0. The summed E-state index contributed by atoms with van der Waals surface area (Å²) in [5, 5.41) is 14.2. The van der Waals surface area contributed by atoms with E-state index in [-0.39, 0.29) is 0 Å². The second-order valence-corrected chi connectivity index (χ2v) is 7.46. The zero-order valence-electron chi connectivity index (χ0n) is 11.7. The van der Waals surface area contributed by atoms with Crippen LogP contribution >= 0.6 is 38.6 Å². The van der Waals surface area contributed by atoms with Gasteiger partial charge in [-0.2, -0.15) is 5.26 Å². The van der Waals surface area contributed by atoms with Crippen LogP contribution in [0.25, 0.3) is 22.9 Å². The van der Waals surface area contributed by atoms with Gasteiger partial charge in [0, 0.05) is 25.7 Å². The SMILES string of the molecule is Cc1ccc(-c2csc(/C(C#N)=C/c3cc(Br)cs3)n2)cc1. The van der Waals surface area contributed by atoms with E-state index in [1.54, 1.807) is 11.3 Å². The van der Waals surface area contributed by atoms with Crippen LogP contribution in [0.5, 0.6) is 0 Å². The molecule has 0 bridgehead atoms. The molecule has 0 aliphatic carbocycles. The van der Waals surface area contributed by atoms with E-state index in [1.807, 2.05) is 22.9 Å². The average Bonchev–Trinajstić information content (AvgIpc) is 3.15. The van der Waals surface area contributed by atoms with Crippen molar-refractivity contribution in [3.8, 4) is 17.3 Å². The summed E-state index contributed by atoms with van der Waals surface area (Å²) in [7, 11) is 0. The molecule has 3 aromatic rings. The van der Waals surface area contributed by atoms with E-state index in [4.69, 9.17) is 0 Å². The van der Waals surface area contributed by atoms with Crippen LogP contribution in [0.2, 0.25) is 0 Å². The third-order valence-corrected chi connectivity index (χ3v) is 5.59. The van der Waals surface area contributed by atoms with Crippen molar-refractivity contribution >= 4 is 50.3 Å². The van der Waals surface area contributed by atoms with E-state index in [2.05, 4.69) is 58.2 Å². The van der Waals surface area contributed by atoms with Crippen molar-refractivity contribution in [2.45, 2.75) is 6.92 Å². The normalized spacial score (nSPS) is 11.4. The van der Waals surface area contributed by atoms with Crippen LogP contribution in [-0.4, -0.2) is 4.98 Å². The Balaban J connectivity index is 1.93. The molecular weight excluding hydrogens is 376 g/mol. The number of aryl methyl sites for hydroxylation is 1. The summed E-state index contributed by atoms with van der Waals surface area (Å²) in [6, 6.07) is 12.5. The minimum Gasteiger partial charge on any atom is -0.235 e. The van der Waals surface area contributed by atoms with Crippen molar-refractivity contribution < 1.29 is 0 Å². The summed E-state index contributed by atoms with van der Waals surface area (Å²) >= 11 is 6.52. The number of nitrogens with zero attached hydrogens (tertiary/aromatic N) is 2. The van der Waals surface area contributed by atoms with Gasteiger partial charge in [-0.1, -0.05) is 29.8 Å². The van der Waals surface area contributed by atoms with Gasteiger partial charge in [-0.05, 0) is 35.0 Å². The van der Waals surface area contributed by atoms with Gasteiger partial charge in [0.25, 0.3) is 0 Å². The van der Waals surface area contributed by atoms with Gasteiger partial charge in [0.2, 0.25) is 0 Å². The van der Waals surface area contributed by atoms with E-state index in [0.29, 0.717) is 5.57 Å². The molecule has 0 aliphatic rings. The molecule has 22 heavy (non-hydrogen) atoms. The first-order valence-corrected chi connectivity index (χ1v) is 9.10. The molecule has 0 N–H and O–H groups in total. The van der Waals surface area contributed by atoms with E-state index in [1.165, 1.54) is 16.9 Å². The number of hydrogen-bond acceptors (Lipinski definition) is 4. The smallest absolute Gasteiger partial charge is 0.134 e. The highest BCUT2D eigenvalue weighted by atomic mass is 79.9. The number of nitriles is 1. The van der Waals surface area contributed by atoms with Gasteiger partial charge in [-0.15, -0.1) is 22.7 Å². The van der Waals surface area contributed by atoms with E-state index in [0.717, 1.165) is 25.6 Å². The van der Waals surface area contributed by atoms with Crippen LogP contribution < -0.4 is 0 Å². The fourth-order valence-electron chi connectivity index (χ4n) is 1.94. The Morgan fingerprint density at radius 1 is 1.23 bits per heavy atom. The highest BCUT2D eigenvalue weighted by Gasteiger charge is 2.09. The van der Waals surface area contributed by atoms with Crippen LogP contribution in [0.4, 0.5) is 0 Å². The molecule has 0 aliphatic heterocycles. The van der Waals surface area contributed by atoms with Gasteiger partial charge in [-0.25, -0.2) is 4.98 Å². The maximum absolute atomic E-state index is 9.41.